The summed E-state index contributed by atoms with van der Waals surface area (Å²) in [5, 5.41) is 4.97. The Morgan fingerprint density at radius 3 is 1.77 bits per heavy atom. The Labute approximate surface area is 310 Å². The molecule has 0 unspecified atom stereocenters. The number of benzene rings is 7. The van der Waals surface area contributed by atoms with Crippen LogP contribution in [0.25, 0.3) is 93.0 Å². The van der Waals surface area contributed by atoms with E-state index in [9.17, 15) is 0 Å². The molecule has 1 aliphatic carbocycles. The summed E-state index contributed by atoms with van der Waals surface area (Å²) in [4.78, 5) is 15.0. The van der Waals surface area contributed by atoms with Crippen LogP contribution in [0.15, 0.2) is 158 Å². The second-order valence-electron chi connectivity index (χ2n) is 14.5. The normalized spacial score (nSPS) is 13.2. The van der Waals surface area contributed by atoms with Gasteiger partial charge in [0.15, 0.2) is 17.5 Å². The standard InChI is InChI=1S/C48H32N4S/c1-48(2)39-19-11-9-17-33(39)35-27-36-34-18-10-12-20-41(34)52(42(36)28-40(35)48)32-22-24-44-38(26-32)37-25-31(21-23-43(37)53-44)47-50-45(29-13-5-3-6-14-29)49-46(51-47)30-15-7-4-8-16-30/h3-28H,1-2H3. The molecule has 1 aliphatic rings. The molecule has 0 saturated heterocycles. The Bertz CT molecular complexity index is 3020. The van der Waals surface area contributed by atoms with Crippen molar-refractivity contribution in [3.63, 3.8) is 0 Å². The molecule has 0 saturated carbocycles. The molecule has 3 aromatic heterocycles. The van der Waals surface area contributed by atoms with Crippen LogP contribution in [-0.4, -0.2) is 19.5 Å². The van der Waals surface area contributed by atoms with Crippen molar-refractivity contribution in [2.45, 2.75) is 19.3 Å². The maximum Gasteiger partial charge on any atom is 0.164 e. The fourth-order valence-electron chi connectivity index (χ4n) is 8.42. The van der Waals surface area contributed by atoms with Gasteiger partial charge < -0.3 is 4.57 Å². The Hall–Kier alpha value is -6.43. The molecule has 11 rings (SSSR count). The van der Waals surface area contributed by atoms with Gasteiger partial charge in [0, 0.05) is 58.7 Å². The van der Waals surface area contributed by atoms with Gasteiger partial charge in [0.2, 0.25) is 0 Å². The molecule has 5 heteroatoms. The average Bonchev–Trinajstić information content (AvgIpc) is 3.82. The Morgan fingerprint density at radius 2 is 1.04 bits per heavy atom. The predicted octanol–water partition coefficient (Wildman–Crippen LogP) is 12.6. The lowest BCUT2D eigenvalue weighted by Gasteiger charge is -2.21. The smallest absolute Gasteiger partial charge is 0.164 e. The van der Waals surface area contributed by atoms with Crippen LogP contribution in [0.4, 0.5) is 0 Å². The lowest BCUT2D eigenvalue weighted by Crippen LogP contribution is -2.14. The highest BCUT2D eigenvalue weighted by Gasteiger charge is 2.36. The number of hydrogen-bond donors (Lipinski definition) is 0. The number of aromatic nitrogens is 4. The van der Waals surface area contributed by atoms with Crippen LogP contribution >= 0.6 is 11.3 Å². The van der Waals surface area contributed by atoms with Crippen molar-refractivity contribution < 1.29 is 0 Å². The maximum absolute atomic E-state index is 5.03. The van der Waals surface area contributed by atoms with E-state index < -0.39 is 0 Å². The van der Waals surface area contributed by atoms with Crippen LogP contribution in [0.2, 0.25) is 0 Å². The van der Waals surface area contributed by atoms with E-state index in [1.54, 1.807) is 0 Å². The van der Waals surface area contributed by atoms with Crippen molar-refractivity contribution in [3.05, 3.63) is 169 Å². The highest BCUT2D eigenvalue weighted by atomic mass is 32.1. The minimum Gasteiger partial charge on any atom is -0.309 e. The van der Waals surface area contributed by atoms with Gasteiger partial charge >= 0.3 is 0 Å². The molecule has 250 valence electrons. The lowest BCUT2D eigenvalue weighted by atomic mass is 9.82. The van der Waals surface area contributed by atoms with Crippen LogP contribution < -0.4 is 0 Å². The van der Waals surface area contributed by atoms with Crippen molar-refractivity contribution in [2.75, 3.05) is 0 Å². The summed E-state index contributed by atoms with van der Waals surface area (Å²) in [5.41, 5.74) is 11.9. The van der Waals surface area contributed by atoms with Gasteiger partial charge in [-0.25, -0.2) is 15.0 Å². The van der Waals surface area contributed by atoms with Gasteiger partial charge in [-0.1, -0.05) is 117 Å². The zero-order chi connectivity index (χ0) is 35.3. The average molecular weight is 697 g/mol. The minimum atomic E-state index is -0.0822. The SMILES string of the molecule is CC1(C)c2ccccc2-c2cc3c4ccccc4n(-c4ccc5sc6ccc(-c7nc(-c8ccccc8)nc(-c8ccccc8)n7)cc6c5c4)c3cc21. The molecule has 10 aromatic rings. The van der Waals surface area contributed by atoms with Gasteiger partial charge in [0.1, 0.15) is 0 Å². The molecule has 7 aromatic carbocycles. The van der Waals surface area contributed by atoms with Gasteiger partial charge in [0.25, 0.3) is 0 Å². The molecule has 53 heavy (non-hydrogen) atoms. The summed E-state index contributed by atoms with van der Waals surface area (Å²) >= 11 is 1.83. The number of fused-ring (bicyclic) bond motifs is 9. The van der Waals surface area contributed by atoms with E-state index in [2.05, 4.69) is 115 Å². The third-order valence-corrected chi connectivity index (χ3v) is 12.2. The van der Waals surface area contributed by atoms with Crippen molar-refractivity contribution in [2.24, 2.45) is 0 Å². The molecule has 0 radical (unpaired) electrons. The molecule has 0 N–H and O–H groups in total. The van der Waals surface area contributed by atoms with E-state index in [1.807, 2.05) is 72.0 Å². The summed E-state index contributed by atoms with van der Waals surface area (Å²) in [5.74, 6) is 1.99. The molecule has 0 bridgehead atoms. The second kappa shape index (κ2) is 11.3. The van der Waals surface area contributed by atoms with Crippen molar-refractivity contribution in [1.29, 1.82) is 0 Å². The second-order valence-corrected chi connectivity index (χ2v) is 15.6. The van der Waals surface area contributed by atoms with Crippen LogP contribution in [0.1, 0.15) is 25.0 Å². The highest BCUT2D eigenvalue weighted by Crippen LogP contribution is 2.51. The number of thiophene rings is 1. The molecule has 0 fully saturated rings. The third kappa shape index (κ3) is 4.57. The first-order valence-electron chi connectivity index (χ1n) is 18.0. The van der Waals surface area contributed by atoms with Gasteiger partial charge in [-0.05, 0) is 76.9 Å². The molecular weight excluding hydrogens is 665 g/mol. The molecular formula is C48H32N4S. The Kier molecular flexibility index (Phi) is 6.43. The van der Waals surface area contributed by atoms with Crippen molar-refractivity contribution in [1.82, 2.24) is 19.5 Å². The van der Waals surface area contributed by atoms with E-state index in [0.717, 1.165) is 22.4 Å². The number of para-hydroxylation sites is 1. The molecule has 0 aliphatic heterocycles. The van der Waals surface area contributed by atoms with Gasteiger partial charge in [-0.15, -0.1) is 11.3 Å². The van der Waals surface area contributed by atoms with E-state index >= 15 is 0 Å². The van der Waals surface area contributed by atoms with Gasteiger partial charge in [0.05, 0.1) is 11.0 Å². The summed E-state index contributed by atoms with van der Waals surface area (Å²) in [6.07, 6.45) is 0. The molecule has 0 amide bonds. The van der Waals surface area contributed by atoms with Crippen molar-refractivity contribution in [3.8, 4) is 51.0 Å². The first-order valence-corrected chi connectivity index (χ1v) is 18.8. The largest absolute Gasteiger partial charge is 0.309 e. The fraction of sp³-hybridized carbons (Fsp3) is 0.0625. The van der Waals surface area contributed by atoms with Crippen LogP contribution in [-0.2, 0) is 5.41 Å². The van der Waals surface area contributed by atoms with E-state index in [1.165, 1.54) is 64.2 Å². The van der Waals surface area contributed by atoms with E-state index in [-0.39, 0.29) is 5.41 Å². The van der Waals surface area contributed by atoms with Crippen molar-refractivity contribution >= 4 is 53.3 Å². The minimum absolute atomic E-state index is 0.0822. The zero-order valence-electron chi connectivity index (χ0n) is 29.2. The first-order chi connectivity index (χ1) is 26.0. The summed E-state index contributed by atoms with van der Waals surface area (Å²) in [6, 6.07) is 56.5. The fourth-order valence-corrected chi connectivity index (χ4v) is 9.49. The number of hydrogen-bond acceptors (Lipinski definition) is 4. The lowest BCUT2D eigenvalue weighted by molar-refractivity contribution is 0.661. The van der Waals surface area contributed by atoms with Gasteiger partial charge in [-0.2, -0.15) is 0 Å². The van der Waals surface area contributed by atoms with Crippen LogP contribution in [0, 0.1) is 0 Å². The molecule has 0 atom stereocenters. The maximum atomic E-state index is 5.03. The Morgan fingerprint density at radius 1 is 0.434 bits per heavy atom. The number of nitrogens with zero attached hydrogens (tertiary/aromatic N) is 4. The van der Waals surface area contributed by atoms with Crippen LogP contribution in [0.5, 0.6) is 0 Å². The molecule has 0 spiro atoms. The zero-order valence-corrected chi connectivity index (χ0v) is 30.0. The monoisotopic (exact) mass is 696 g/mol. The van der Waals surface area contributed by atoms with E-state index in [0.29, 0.717) is 17.5 Å². The van der Waals surface area contributed by atoms with Gasteiger partial charge in [-0.3, -0.25) is 0 Å². The highest BCUT2D eigenvalue weighted by molar-refractivity contribution is 7.25. The topological polar surface area (TPSA) is 43.6 Å². The summed E-state index contributed by atoms with van der Waals surface area (Å²) in [6.45, 7) is 4.71. The third-order valence-electron chi connectivity index (χ3n) is 11.0. The summed E-state index contributed by atoms with van der Waals surface area (Å²) in [7, 11) is 0. The predicted molar refractivity (Wildman–Crippen MR) is 221 cm³/mol. The van der Waals surface area contributed by atoms with Crippen LogP contribution in [0.3, 0.4) is 0 Å². The molecule has 4 nitrogen and oxygen atoms in total. The Balaban J connectivity index is 1.11. The number of rotatable bonds is 4. The molecule has 3 heterocycles. The quantitative estimate of drug-likeness (QED) is 0.184. The van der Waals surface area contributed by atoms with E-state index in [4.69, 9.17) is 15.0 Å². The summed E-state index contributed by atoms with van der Waals surface area (Å²) < 4.78 is 4.95. The first kappa shape index (κ1) is 30.2.